The summed E-state index contributed by atoms with van der Waals surface area (Å²) in [7, 11) is 1.32. The number of nitrogens with zero attached hydrogens (tertiary/aromatic N) is 1. The highest BCUT2D eigenvalue weighted by atomic mass is 16.5. The van der Waals surface area contributed by atoms with Crippen LogP contribution in [0.5, 0.6) is 0 Å². The Bertz CT molecular complexity index is 750. The van der Waals surface area contributed by atoms with Crippen LogP contribution in [0.3, 0.4) is 0 Å². The van der Waals surface area contributed by atoms with E-state index in [9.17, 15) is 9.59 Å². The third kappa shape index (κ3) is 4.18. The molecule has 5 nitrogen and oxygen atoms in total. The molecule has 25 heavy (non-hydrogen) atoms. The van der Waals surface area contributed by atoms with E-state index in [1.165, 1.54) is 38.1 Å². The Hall–Kier alpha value is -2.82. The van der Waals surface area contributed by atoms with Crippen LogP contribution in [-0.2, 0) is 4.74 Å². The van der Waals surface area contributed by atoms with Crippen molar-refractivity contribution in [2.75, 3.05) is 30.4 Å². The molecular formula is C20H22N2O3. The van der Waals surface area contributed by atoms with Gasteiger partial charge < -0.3 is 15.0 Å². The highest BCUT2D eigenvalue weighted by molar-refractivity contribution is 6.05. The molecule has 0 spiro atoms. The van der Waals surface area contributed by atoms with Gasteiger partial charge >= 0.3 is 5.97 Å². The van der Waals surface area contributed by atoms with E-state index < -0.39 is 5.97 Å². The third-order valence-electron chi connectivity index (χ3n) is 4.39. The number of esters is 1. The molecule has 1 aliphatic rings. The van der Waals surface area contributed by atoms with Gasteiger partial charge in [-0.15, -0.1) is 0 Å². The van der Waals surface area contributed by atoms with Crippen LogP contribution in [0, 0.1) is 0 Å². The minimum atomic E-state index is -0.458. The first-order valence-electron chi connectivity index (χ1n) is 8.52. The Kier molecular flexibility index (Phi) is 5.33. The molecule has 0 radical (unpaired) electrons. The van der Waals surface area contributed by atoms with Gasteiger partial charge in [0.1, 0.15) is 0 Å². The zero-order valence-electron chi connectivity index (χ0n) is 14.3. The molecule has 2 aromatic carbocycles. The molecule has 130 valence electrons. The topological polar surface area (TPSA) is 58.6 Å². The highest BCUT2D eigenvalue weighted by Gasteiger charge is 2.13. The van der Waals surface area contributed by atoms with Gasteiger partial charge in [-0.2, -0.15) is 0 Å². The quantitative estimate of drug-likeness (QED) is 0.863. The van der Waals surface area contributed by atoms with Crippen molar-refractivity contribution in [1.29, 1.82) is 0 Å². The van der Waals surface area contributed by atoms with Crippen LogP contribution in [0.25, 0.3) is 0 Å². The smallest absolute Gasteiger partial charge is 0.337 e. The highest BCUT2D eigenvalue weighted by Crippen LogP contribution is 2.22. The Morgan fingerprint density at radius 3 is 2.32 bits per heavy atom. The second kappa shape index (κ2) is 7.83. The largest absolute Gasteiger partial charge is 0.465 e. The maximum Gasteiger partial charge on any atom is 0.337 e. The summed E-state index contributed by atoms with van der Waals surface area (Å²) in [5.74, 6) is -0.711. The molecule has 5 heteroatoms. The lowest BCUT2D eigenvalue weighted by atomic mass is 10.1. The maximum absolute atomic E-state index is 12.4. The van der Waals surface area contributed by atoms with Crippen LogP contribution >= 0.6 is 0 Å². The van der Waals surface area contributed by atoms with Crippen molar-refractivity contribution in [2.24, 2.45) is 0 Å². The van der Waals surface area contributed by atoms with E-state index in [-0.39, 0.29) is 5.91 Å². The molecular weight excluding hydrogens is 316 g/mol. The van der Waals surface area contributed by atoms with Crippen LogP contribution in [0.1, 0.15) is 40.0 Å². The number of methoxy groups -OCH3 is 1. The Morgan fingerprint density at radius 1 is 0.960 bits per heavy atom. The summed E-state index contributed by atoms with van der Waals surface area (Å²) < 4.78 is 4.68. The van der Waals surface area contributed by atoms with Gasteiger partial charge in [-0.1, -0.05) is 6.07 Å². The molecule has 1 heterocycles. The predicted molar refractivity (Wildman–Crippen MR) is 98.2 cm³/mol. The van der Waals surface area contributed by atoms with Gasteiger partial charge in [-0.25, -0.2) is 4.79 Å². The number of rotatable bonds is 4. The SMILES string of the molecule is COC(=O)c1cccc(C(=O)Nc2ccc(N3CCCCC3)cc2)c1. The van der Waals surface area contributed by atoms with Gasteiger partial charge in [0.25, 0.3) is 5.91 Å². The first-order valence-corrected chi connectivity index (χ1v) is 8.52. The van der Waals surface area contributed by atoms with E-state index in [4.69, 9.17) is 0 Å². The van der Waals surface area contributed by atoms with Gasteiger partial charge in [-0.05, 0) is 61.7 Å². The number of amides is 1. The molecule has 1 N–H and O–H groups in total. The number of nitrogens with one attached hydrogen (secondary N) is 1. The number of anilines is 2. The Morgan fingerprint density at radius 2 is 1.64 bits per heavy atom. The predicted octanol–water partition coefficient (Wildman–Crippen LogP) is 3.72. The molecule has 0 aromatic heterocycles. The van der Waals surface area contributed by atoms with Crippen molar-refractivity contribution in [2.45, 2.75) is 19.3 Å². The van der Waals surface area contributed by atoms with Gasteiger partial charge in [0.05, 0.1) is 12.7 Å². The Labute approximate surface area is 147 Å². The Balaban J connectivity index is 1.67. The number of carbonyl (C=O) groups is 2. The second-order valence-electron chi connectivity index (χ2n) is 6.12. The van der Waals surface area contributed by atoms with Crippen molar-refractivity contribution >= 4 is 23.3 Å². The first-order chi connectivity index (χ1) is 12.2. The van der Waals surface area contributed by atoms with Crippen molar-refractivity contribution in [3.63, 3.8) is 0 Å². The van der Waals surface area contributed by atoms with Crippen LogP contribution < -0.4 is 10.2 Å². The molecule has 0 aliphatic carbocycles. The van der Waals surface area contributed by atoms with E-state index in [1.807, 2.05) is 24.3 Å². The molecule has 1 aliphatic heterocycles. The van der Waals surface area contributed by atoms with Gasteiger partial charge in [0.2, 0.25) is 0 Å². The summed E-state index contributed by atoms with van der Waals surface area (Å²) in [6.07, 6.45) is 3.76. The van der Waals surface area contributed by atoms with Crippen LogP contribution in [0.2, 0.25) is 0 Å². The second-order valence-corrected chi connectivity index (χ2v) is 6.12. The molecule has 1 saturated heterocycles. The lowest BCUT2D eigenvalue weighted by Crippen LogP contribution is -2.29. The summed E-state index contributed by atoms with van der Waals surface area (Å²) in [6, 6.07) is 14.4. The minimum Gasteiger partial charge on any atom is -0.465 e. The number of hydrogen-bond donors (Lipinski definition) is 1. The number of piperidine rings is 1. The van der Waals surface area contributed by atoms with Crippen LogP contribution in [-0.4, -0.2) is 32.1 Å². The van der Waals surface area contributed by atoms with Crippen molar-refractivity contribution < 1.29 is 14.3 Å². The molecule has 1 fully saturated rings. The van der Waals surface area contributed by atoms with Crippen molar-refractivity contribution in [3.8, 4) is 0 Å². The fourth-order valence-corrected chi connectivity index (χ4v) is 3.02. The lowest BCUT2D eigenvalue weighted by molar-refractivity contribution is 0.0600. The number of hydrogen-bond acceptors (Lipinski definition) is 4. The number of benzene rings is 2. The fraction of sp³-hybridized carbons (Fsp3) is 0.300. The summed E-state index contributed by atoms with van der Waals surface area (Å²) in [5.41, 5.74) is 2.69. The minimum absolute atomic E-state index is 0.253. The molecule has 0 saturated carbocycles. The van der Waals surface area contributed by atoms with E-state index >= 15 is 0 Å². The first kappa shape index (κ1) is 17.0. The number of carbonyl (C=O) groups excluding carboxylic acids is 2. The lowest BCUT2D eigenvalue weighted by Gasteiger charge is -2.28. The average Bonchev–Trinajstić information content (AvgIpc) is 2.68. The standard InChI is InChI=1S/C20H22N2O3/c1-25-20(24)16-7-5-6-15(14-16)19(23)21-17-8-10-18(11-9-17)22-12-3-2-4-13-22/h5-11,14H,2-4,12-13H2,1H3,(H,21,23). The van der Waals surface area contributed by atoms with Crippen molar-refractivity contribution in [1.82, 2.24) is 0 Å². The maximum atomic E-state index is 12.4. The van der Waals surface area contributed by atoms with E-state index in [0.29, 0.717) is 11.1 Å². The summed E-state index contributed by atoms with van der Waals surface area (Å²) in [4.78, 5) is 26.3. The zero-order chi connectivity index (χ0) is 17.6. The van der Waals surface area contributed by atoms with E-state index in [1.54, 1.807) is 18.2 Å². The molecule has 1 amide bonds. The van der Waals surface area contributed by atoms with Gasteiger partial charge in [0.15, 0.2) is 0 Å². The van der Waals surface area contributed by atoms with Crippen LogP contribution in [0.15, 0.2) is 48.5 Å². The molecule has 2 aromatic rings. The summed E-state index contributed by atoms with van der Waals surface area (Å²) >= 11 is 0. The van der Waals surface area contributed by atoms with Crippen molar-refractivity contribution in [3.05, 3.63) is 59.7 Å². The van der Waals surface area contributed by atoms with E-state index in [2.05, 4.69) is 15.0 Å². The molecule has 3 rings (SSSR count). The normalized spacial score (nSPS) is 14.0. The average molecular weight is 338 g/mol. The molecule has 0 bridgehead atoms. The van der Waals surface area contributed by atoms with Gasteiger partial charge in [0, 0.05) is 30.0 Å². The fourth-order valence-electron chi connectivity index (χ4n) is 3.02. The van der Waals surface area contributed by atoms with Crippen LogP contribution in [0.4, 0.5) is 11.4 Å². The van der Waals surface area contributed by atoms with E-state index in [0.717, 1.165) is 18.8 Å². The zero-order valence-corrected chi connectivity index (χ0v) is 14.3. The third-order valence-corrected chi connectivity index (χ3v) is 4.39. The van der Waals surface area contributed by atoms with Gasteiger partial charge in [-0.3, -0.25) is 4.79 Å². The monoisotopic (exact) mass is 338 g/mol. The number of ether oxygens (including phenoxy) is 1. The molecule has 0 unspecified atom stereocenters. The summed E-state index contributed by atoms with van der Waals surface area (Å²) in [6.45, 7) is 2.18. The molecule has 0 atom stereocenters. The summed E-state index contributed by atoms with van der Waals surface area (Å²) in [5, 5.41) is 2.86.